The lowest BCUT2D eigenvalue weighted by Crippen LogP contribution is -2.25. The van der Waals surface area contributed by atoms with E-state index in [0.29, 0.717) is 13.0 Å². The van der Waals surface area contributed by atoms with E-state index in [0.717, 1.165) is 12.1 Å². The van der Waals surface area contributed by atoms with Crippen molar-refractivity contribution < 1.29 is 19.4 Å². The minimum atomic E-state index is -0.878. The lowest BCUT2D eigenvalue weighted by Gasteiger charge is -2.06. The van der Waals surface area contributed by atoms with Crippen LogP contribution in [0, 0.1) is 20.2 Å². The van der Waals surface area contributed by atoms with Crippen LogP contribution in [0.25, 0.3) is 0 Å². The summed E-state index contributed by atoms with van der Waals surface area (Å²) in [7, 11) is 1.51. The molecule has 0 saturated carbocycles. The summed E-state index contributed by atoms with van der Waals surface area (Å²) < 4.78 is 4.80. The van der Waals surface area contributed by atoms with Gasteiger partial charge in [-0.25, -0.2) is 0 Å². The highest BCUT2D eigenvalue weighted by Gasteiger charge is 2.27. The van der Waals surface area contributed by atoms with E-state index in [4.69, 9.17) is 16.3 Å². The van der Waals surface area contributed by atoms with E-state index in [2.05, 4.69) is 5.32 Å². The molecule has 0 aliphatic carbocycles. The van der Waals surface area contributed by atoms with E-state index in [-0.39, 0.29) is 12.1 Å². The van der Waals surface area contributed by atoms with Crippen molar-refractivity contribution in [3.05, 3.63) is 42.9 Å². The molecule has 1 amide bonds. The Kier molecular flexibility index (Phi) is 6.00. The lowest BCUT2D eigenvalue weighted by atomic mass is 10.1. The van der Waals surface area contributed by atoms with Crippen LogP contribution in [0.15, 0.2) is 12.1 Å². The predicted octanol–water partition coefficient (Wildman–Crippen LogP) is 1.92. The second-order valence-electron chi connectivity index (χ2n) is 3.94. The molecule has 1 aromatic rings. The van der Waals surface area contributed by atoms with Crippen LogP contribution in [0.4, 0.5) is 11.4 Å². The first-order valence-corrected chi connectivity index (χ1v) is 6.15. The van der Waals surface area contributed by atoms with Crippen LogP contribution in [0.3, 0.4) is 0 Å². The van der Waals surface area contributed by atoms with Crippen LogP contribution in [-0.2, 0) is 4.74 Å². The lowest BCUT2D eigenvalue weighted by molar-refractivity contribution is -0.393. The fourth-order valence-electron chi connectivity index (χ4n) is 1.51. The van der Waals surface area contributed by atoms with E-state index in [1.165, 1.54) is 7.11 Å². The predicted molar refractivity (Wildman–Crippen MR) is 73.6 cm³/mol. The summed E-state index contributed by atoms with van der Waals surface area (Å²) in [5.74, 6) is -0.658. The summed E-state index contributed by atoms with van der Waals surface area (Å²) in [5.41, 5.74) is -1.57. The Morgan fingerprint density at radius 3 is 2.24 bits per heavy atom. The Hall–Kier alpha value is -2.26. The fourth-order valence-corrected chi connectivity index (χ4v) is 1.76. The molecule has 0 bridgehead atoms. The Morgan fingerprint density at radius 1 is 1.29 bits per heavy atom. The topological polar surface area (TPSA) is 125 Å². The number of ether oxygens (including phenoxy) is 1. The number of carbonyl (C=O) groups excluding carboxylic acids is 1. The number of hydrogen-bond donors (Lipinski definition) is 1. The Labute approximate surface area is 124 Å². The monoisotopic (exact) mass is 317 g/mol. The van der Waals surface area contributed by atoms with Crippen molar-refractivity contribution in [1.29, 1.82) is 0 Å². The van der Waals surface area contributed by atoms with Crippen molar-refractivity contribution >= 4 is 28.9 Å². The summed E-state index contributed by atoms with van der Waals surface area (Å²) >= 11 is 5.59. The molecule has 0 fully saturated rings. The van der Waals surface area contributed by atoms with E-state index >= 15 is 0 Å². The number of carbonyl (C=O) groups is 1. The van der Waals surface area contributed by atoms with Crippen LogP contribution in [0.5, 0.6) is 0 Å². The molecule has 0 aromatic heterocycles. The van der Waals surface area contributed by atoms with Crippen molar-refractivity contribution in [3.63, 3.8) is 0 Å². The van der Waals surface area contributed by atoms with Gasteiger partial charge in [-0.3, -0.25) is 25.0 Å². The minimum absolute atomic E-state index is 0.199. The van der Waals surface area contributed by atoms with Gasteiger partial charge in [-0.2, -0.15) is 0 Å². The summed E-state index contributed by atoms with van der Waals surface area (Å²) in [6, 6.07) is 1.81. The van der Waals surface area contributed by atoms with Gasteiger partial charge in [-0.05, 0) is 6.42 Å². The van der Waals surface area contributed by atoms with Gasteiger partial charge in [0.2, 0.25) is 0 Å². The van der Waals surface area contributed by atoms with Crippen LogP contribution in [0.2, 0.25) is 5.02 Å². The largest absolute Gasteiger partial charge is 0.385 e. The number of methoxy groups -OCH3 is 1. The zero-order valence-electron chi connectivity index (χ0n) is 11.0. The molecule has 114 valence electrons. The maximum Gasteiger partial charge on any atom is 0.295 e. The Balaban J connectivity index is 3.04. The summed E-state index contributed by atoms with van der Waals surface area (Å²) in [6.07, 6.45) is 0.542. The van der Waals surface area contributed by atoms with Crippen molar-refractivity contribution in [2.24, 2.45) is 0 Å². The molecule has 0 spiro atoms. The number of nitro benzene ring substituents is 2. The second-order valence-corrected chi connectivity index (χ2v) is 4.32. The van der Waals surface area contributed by atoms with Gasteiger partial charge in [0, 0.05) is 32.4 Å². The molecule has 0 aliphatic heterocycles. The normalized spacial score (nSPS) is 10.2. The molecule has 0 radical (unpaired) electrons. The van der Waals surface area contributed by atoms with Crippen LogP contribution in [0.1, 0.15) is 16.8 Å². The highest BCUT2D eigenvalue weighted by Crippen LogP contribution is 2.34. The average Bonchev–Trinajstić information content (AvgIpc) is 2.42. The molecule has 10 heteroatoms. The van der Waals surface area contributed by atoms with Gasteiger partial charge in [0.1, 0.15) is 0 Å². The molecule has 0 aliphatic rings. The molecule has 0 saturated heterocycles. The minimum Gasteiger partial charge on any atom is -0.385 e. The van der Waals surface area contributed by atoms with Gasteiger partial charge >= 0.3 is 0 Å². The molecule has 1 N–H and O–H groups in total. The van der Waals surface area contributed by atoms with Gasteiger partial charge in [-0.15, -0.1) is 0 Å². The highest BCUT2D eigenvalue weighted by atomic mass is 35.5. The van der Waals surface area contributed by atoms with Gasteiger partial charge in [0.15, 0.2) is 5.02 Å². The standard InChI is InChI=1S/C11H12ClN3O6/c1-21-4-2-3-13-11(16)7-5-8(14(17)18)10(12)9(6-7)15(19)20/h5-6H,2-4H2,1H3,(H,13,16). The Bertz CT molecular complexity index is 542. The smallest absolute Gasteiger partial charge is 0.295 e. The van der Waals surface area contributed by atoms with Crippen LogP contribution >= 0.6 is 11.6 Å². The molecular formula is C11H12ClN3O6. The number of nitrogens with zero attached hydrogens (tertiary/aromatic N) is 2. The Morgan fingerprint density at radius 2 is 1.81 bits per heavy atom. The third-order valence-corrected chi connectivity index (χ3v) is 2.89. The number of nitro groups is 2. The number of halogens is 1. The average molecular weight is 318 g/mol. The number of benzene rings is 1. The molecule has 9 nitrogen and oxygen atoms in total. The van der Waals surface area contributed by atoms with Gasteiger partial charge in [0.05, 0.1) is 15.4 Å². The third kappa shape index (κ3) is 4.36. The van der Waals surface area contributed by atoms with Gasteiger partial charge < -0.3 is 10.1 Å². The second kappa shape index (κ2) is 7.50. The molecule has 1 rings (SSSR count). The fraction of sp³-hybridized carbons (Fsp3) is 0.364. The maximum atomic E-state index is 11.8. The molecule has 0 heterocycles. The van der Waals surface area contributed by atoms with Gasteiger partial charge in [0.25, 0.3) is 17.3 Å². The maximum absolute atomic E-state index is 11.8. The zero-order valence-corrected chi connectivity index (χ0v) is 11.8. The van der Waals surface area contributed by atoms with Crippen molar-refractivity contribution in [1.82, 2.24) is 5.32 Å². The van der Waals surface area contributed by atoms with E-state index in [9.17, 15) is 25.0 Å². The molecule has 1 aromatic carbocycles. The van der Waals surface area contributed by atoms with Crippen LogP contribution in [-0.4, -0.2) is 36.0 Å². The number of amides is 1. The molecular weight excluding hydrogens is 306 g/mol. The molecule has 0 unspecified atom stereocenters. The SMILES string of the molecule is COCCCNC(=O)c1cc([N+](=O)[O-])c(Cl)c([N+](=O)[O-])c1. The quantitative estimate of drug-likeness (QED) is 0.465. The number of hydrogen-bond acceptors (Lipinski definition) is 6. The number of nitrogens with one attached hydrogen (secondary N) is 1. The first kappa shape index (κ1) is 16.8. The zero-order chi connectivity index (χ0) is 16.0. The summed E-state index contributed by atoms with van der Waals surface area (Å²) in [4.78, 5) is 31.7. The third-order valence-electron chi connectivity index (χ3n) is 2.50. The highest BCUT2D eigenvalue weighted by molar-refractivity contribution is 6.35. The van der Waals surface area contributed by atoms with Crippen molar-refractivity contribution in [2.75, 3.05) is 20.3 Å². The summed E-state index contributed by atoms with van der Waals surface area (Å²) in [5, 5.41) is 23.5. The van der Waals surface area contributed by atoms with Crippen molar-refractivity contribution in [3.8, 4) is 0 Å². The van der Waals surface area contributed by atoms with E-state index in [1.807, 2.05) is 0 Å². The first-order chi connectivity index (χ1) is 9.88. The van der Waals surface area contributed by atoms with Crippen LogP contribution < -0.4 is 5.32 Å². The summed E-state index contributed by atoms with van der Waals surface area (Å²) in [6.45, 7) is 0.706. The number of rotatable bonds is 7. The van der Waals surface area contributed by atoms with E-state index in [1.54, 1.807) is 0 Å². The molecule has 0 atom stereocenters. The van der Waals surface area contributed by atoms with Gasteiger partial charge in [-0.1, -0.05) is 11.6 Å². The van der Waals surface area contributed by atoms with Crippen molar-refractivity contribution in [2.45, 2.75) is 6.42 Å². The first-order valence-electron chi connectivity index (χ1n) is 5.78. The van der Waals surface area contributed by atoms with E-state index < -0.39 is 32.2 Å². The molecule has 21 heavy (non-hydrogen) atoms.